The van der Waals surface area contributed by atoms with E-state index < -0.39 is 0 Å². The van der Waals surface area contributed by atoms with Crippen LogP contribution in [0.15, 0.2) is 12.3 Å². The van der Waals surface area contributed by atoms with E-state index in [2.05, 4.69) is 20.7 Å². The molecular formula is C16H23N5OS. The molecular weight excluding hydrogens is 310 g/mol. The summed E-state index contributed by atoms with van der Waals surface area (Å²) in [5.41, 5.74) is 2.08. The summed E-state index contributed by atoms with van der Waals surface area (Å²) >= 11 is 1.63. The van der Waals surface area contributed by atoms with Crippen LogP contribution in [0, 0.1) is 13.8 Å². The summed E-state index contributed by atoms with van der Waals surface area (Å²) in [6.45, 7) is 6.83. The Bertz CT molecular complexity index is 672. The van der Waals surface area contributed by atoms with Crippen LogP contribution in [0.2, 0.25) is 0 Å². The van der Waals surface area contributed by atoms with Crippen molar-refractivity contribution in [2.45, 2.75) is 45.7 Å². The number of amides is 1. The molecule has 23 heavy (non-hydrogen) atoms. The summed E-state index contributed by atoms with van der Waals surface area (Å²) in [4.78, 5) is 17.6. The van der Waals surface area contributed by atoms with Gasteiger partial charge in [-0.25, -0.2) is 4.98 Å². The number of carbonyl (C=O) groups excluding carboxylic acids is 1. The van der Waals surface area contributed by atoms with E-state index in [1.54, 1.807) is 16.0 Å². The van der Waals surface area contributed by atoms with Crippen LogP contribution in [0.3, 0.4) is 0 Å². The SMILES string of the molecule is Cc1nc(C)c(CNC(=O)Cn2ccc([C@@H]3CCCNC3)n2)s1. The molecule has 1 fully saturated rings. The molecule has 0 aromatic carbocycles. The van der Waals surface area contributed by atoms with Crippen molar-refractivity contribution in [3.63, 3.8) is 0 Å². The molecule has 7 heteroatoms. The zero-order valence-electron chi connectivity index (χ0n) is 13.6. The Hall–Kier alpha value is -1.73. The van der Waals surface area contributed by atoms with Gasteiger partial charge in [-0.05, 0) is 39.3 Å². The highest BCUT2D eigenvalue weighted by Gasteiger charge is 2.18. The molecule has 2 aromatic rings. The van der Waals surface area contributed by atoms with Crippen molar-refractivity contribution in [2.75, 3.05) is 13.1 Å². The van der Waals surface area contributed by atoms with Crippen molar-refractivity contribution in [2.24, 2.45) is 0 Å². The normalized spacial score (nSPS) is 18.1. The van der Waals surface area contributed by atoms with E-state index in [0.29, 0.717) is 12.5 Å². The Labute approximate surface area is 140 Å². The Morgan fingerprint density at radius 1 is 1.52 bits per heavy atom. The molecule has 2 aromatic heterocycles. The first-order valence-corrected chi connectivity index (χ1v) is 8.87. The molecule has 3 heterocycles. The molecule has 1 aliphatic rings. The second-order valence-corrected chi connectivity index (χ2v) is 7.29. The molecule has 0 bridgehead atoms. The second-order valence-electron chi connectivity index (χ2n) is 6.00. The zero-order chi connectivity index (χ0) is 16.2. The molecule has 1 amide bonds. The molecule has 2 N–H and O–H groups in total. The highest BCUT2D eigenvalue weighted by atomic mass is 32.1. The summed E-state index contributed by atoms with van der Waals surface area (Å²) in [6, 6.07) is 2.03. The van der Waals surface area contributed by atoms with Gasteiger partial charge in [-0.2, -0.15) is 5.10 Å². The van der Waals surface area contributed by atoms with Crippen LogP contribution in [0.4, 0.5) is 0 Å². The number of hydrogen-bond donors (Lipinski definition) is 2. The van der Waals surface area contributed by atoms with Gasteiger partial charge < -0.3 is 10.6 Å². The monoisotopic (exact) mass is 333 g/mol. The van der Waals surface area contributed by atoms with Gasteiger partial charge in [0.1, 0.15) is 6.54 Å². The Morgan fingerprint density at radius 3 is 3.09 bits per heavy atom. The van der Waals surface area contributed by atoms with Gasteiger partial charge in [-0.3, -0.25) is 9.48 Å². The largest absolute Gasteiger partial charge is 0.350 e. The summed E-state index contributed by atoms with van der Waals surface area (Å²) in [6.07, 6.45) is 4.25. The Morgan fingerprint density at radius 2 is 2.39 bits per heavy atom. The van der Waals surface area contributed by atoms with Gasteiger partial charge >= 0.3 is 0 Å². The Balaban J connectivity index is 1.51. The molecule has 0 radical (unpaired) electrons. The van der Waals surface area contributed by atoms with Gasteiger partial charge in [-0.15, -0.1) is 11.3 Å². The van der Waals surface area contributed by atoms with Crippen molar-refractivity contribution in [1.29, 1.82) is 0 Å². The molecule has 3 rings (SSSR count). The van der Waals surface area contributed by atoms with Crippen molar-refractivity contribution >= 4 is 17.2 Å². The minimum atomic E-state index is -0.0214. The van der Waals surface area contributed by atoms with E-state index in [1.807, 2.05) is 26.1 Å². The third-order valence-electron chi connectivity index (χ3n) is 4.13. The first-order valence-electron chi connectivity index (χ1n) is 8.05. The molecule has 124 valence electrons. The number of nitrogens with zero attached hydrogens (tertiary/aromatic N) is 3. The van der Waals surface area contributed by atoms with Crippen LogP contribution in [-0.2, 0) is 17.9 Å². The lowest BCUT2D eigenvalue weighted by atomic mass is 9.97. The fourth-order valence-corrected chi connectivity index (χ4v) is 3.78. The average Bonchev–Trinajstić information content (AvgIpc) is 3.12. The quantitative estimate of drug-likeness (QED) is 0.874. The van der Waals surface area contributed by atoms with E-state index in [-0.39, 0.29) is 12.5 Å². The van der Waals surface area contributed by atoms with Crippen LogP contribution < -0.4 is 10.6 Å². The number of carbonyl (C=O) groups is 1. The number of rotatable bonds is 5. The van der Waals surface area contributed by atoms with Crippen LogP contribution in [-0.4, -0.2) is 33.8 Å². The average molecular weight is 333 g/mol. The number of aryl methyl sites for hydroxylation is 2. The number of aromatic nitrogens is 3. The third-order valence-corrected chi connectivity index (χ3v) is 5.20. The molecule has 1 aliphatic heterocycles. The number of hydrogen-bond acceptors (Lipinski definition) is 5. The highest BCUT2D eigenvalue weighted by Crippen LogP contribution is 2.21. The van der Waals surface area contributed by atoms with Crippen LogP contribution in [0.5, 0.6) is 0 Å². The molecule has 6 nitrogen and oxygen atoms in total. The smallest absolute Gasteiger partial charge is 0.242 e. The minimum Gasteiger partial charge on any atom is -0.350 e. The van der Waals surface area contributed by atoms with E-state index in [1.165, 1.54) is 12.8 Å². The van der Waals surface area contributed by atoms with Gasteiger partial charge in [0.2, 0.25) is 5.91 Å². The lowest BCUT2D eigenvalue weighted by Crippen LogP contribution is -2.29. The van der Waals surface area contributed by atoms with Gasteiger partial charge in [-0.1, -0.05) is 0 Å². The number of thiazole rings is 1. The van der Waals surface area contributed by atoms with Crippen molar-refractivity contribution in [3.8, 4) is 0 Å². The first-order chi connectivity index (χ1) is 11.1. The number of piperidine rings is 1. The van der Waals surface area contributed by atoms with Gasteiger partial charge in [0.25, 0.3) is 0 Å². The third kappa shape index (κ3) is 4.17. The molecule has 0 spiro atoms. The fraction of sp³-hybridized carbons (Fsp3) is 0.562. The number of nitrogens with one attached hydrogen (secondary N) is 2. The minimum absolute atomic E-state index is 0.0214. The van der Waals surface area contributed by atoms with Gasteiger partial charge in [0.05, 0.1) is 22.9 Å². The van der Waals surface area contributed by atoms with E-state index in [4.69, 9.17) is 0 Å². The highest BCUT2D eigenvalue weighted by molar-refractivity contribution is 7.11. The molecule has 0 saturated carbocycles. The maximum Gasteiger partial charge on any atom is 0.242 e. The zero-order valence-corrected chi connectivity index (χ0v) is 14.4. The molecule has 0 unspecified atom stereocenters. The van der Waals surface area contributed by atoms with E-state index in [9.17, 15) is 4.79 Å². The van der Waals surface area contributed by atoms with Crippen LogP contribution in [0.25, 0.3) is 0 Å². The van der Waals surface area contributed by atoms with E-state index in [0.717, 1.165) is 34.4 Å². The first kappa shape index (κ1) is 16.1. The standard InChI is InChI=1S/C16H23N5OS/c1-11-15(23-12(2)19-11)9-18-16(22)10-21-7-5-14(20-21)13-4-3-6-17-8-13/h5,7,13,17H,3-4,6,8-10H2,1-2H3,(H,18,22)/t13-/m1/s1. The molecule has 0 aliphatic carbocycles. The van der Waals surface area contributed by atoms with Crippen LogP contribution >= 0.6 is 11.3 Å². The molecule has 1 atom stereocenters. The van der Waals surface area contributed by atoms with Gasteiger partial charge in [0.15, 0.2) is 0 Å². The fourth-order valence-electron chi connectivity index (χ4n) is 2.91. The van der Waals surface area contributed by atoms with E-state index >= 15 is 0 Å². The predicted molar refractivity (Wildman–Crippen MR) is 90.5 cm³/mol. The second kappa shape index (κ2) is 7.23. The summed E-state index contributed by atoms with van der Waals surface area (Å²) < 4.78 is 1.73. The molecule has 1 saturated heterocycles. The van der Waals surface area contributed by atoms with Gasteiger partial charge in [0, 0.05) is 23.5 Å². The lowest BCUT2D eigenvalue weighted by Gasteiger charge is -2.20. The summed E-state index contributed by atoms with van der Waals surface area (Å²) in [5, 5.41) is 11.9. The van der Waals surface area contributed by atoms with Crippen molar-refractivity contribution < 1.29 is 4.79 Å². The maximum absolute atomic E-state index is 12.1. The predicted octanol–water partition coefficient (Wildman–Crippen LogP) is 1.74. The van der Waals surface area contributed by atoms with Crippen molar-refractivity contribution in [1.82, 2.24) is 25.4 Å². The Kier molecular flexibility index (Phi) is 5.07. The summed E-state index contributed by atoms with van der Waals surface area (Å²) in [5.74, 6) is 0.447. The van der Waals surface area contributed by atoms with Crippen molar-refractivity contribution in [3.05, 3.63) is 33.5 Å². The topological polar surface area (TPSA) is 71.8 Å². The lowest BCUT2D eigenvalue weighted by molar-refractivity contribution is -0.122. The maximum atomic E-state index is 12.1. The summed E-state index contributed by atoms with van der Waals surface area (Å²) in [7, 11) is 0. The van der Waals surface area contributed by atoms with Crippen LogP contribution in [0.1, 0.15) is 40.0 Å².